The van der Waals surface area contributed by atoms with E-state index in [1.54, 1.807) is 25.3 Å². The fraction of sp³-hybridized carbons (Fsp3) is 0.545. The maximum Gasteiger partial charge on any atom is 0.224 e. The van der Waals surface area contributed by atoms with Gasteiger partial charge in [-0.25, -0.2) is 4.98 Å². The molecule has 1 aromatic heterocycles. The van der Waals surface area contributed by atoms with Gasteiger partial charge in [-0.05, 0) is 56.8 Å². The minimum atomic E-state index is -0.00146. The topological polar surface area (TPSA) is 70.2 Å². The van der Waals surface area contributed by atoms with E-state index in [4.69, 9.17) is 21.3 Å². The smallest absolute Gasteiger partial charge is 0.224 e. The molecule has 7 heteroatoms. The largest absolute Gasteiger partial charge is 0.495 e. The van der Waals surface area contributed by atoms with Gasteiger partial charge in [0, 0.05) is 36.6 Å². The highest BCUT2D eigenvalue weighted by molar-refractivity contribution is 6.31. The van der Waals surface area contributed by atoms with Crippen molar-refractivity contribution in [3.63, 3.8) is 0 Å². The summed E-state index contributed by atoms with van der Waals surface area (Å²) < 4.78 is 5.30. The standard InChI is InChI=1S/C22H31ClN4O2/c1-4-21-24-15(2)19(25-21)14-27-11-5-6-16(13-27)7-10-22(28)26-18-12-17(23)8-9-20(18)29-3/h8-9,12,16H,4-7,10-11,13-14H2,1-3H3,(H,24,25)(H,26,28). The second-order valence-electron chi connectivity index (χ2n) is 7.78. The number of carbonyl (C=O) groups is 1. The molecule has 2 N–H and O–H groups in total. The molecule has 0 radical (unpaired) electrons. The number of H-pyrrole nitrogens is 1. The number of rotatable bonds is 8. The highest BCUT2D eigenvalue weighted by Crippen LogP contribution is 2.28. The van der Waals surface area contributed by atoms with E-state index in [-0.39, 0.29) is 5.91 Å². The number of ether oxygens (including phenoxy) is 1. The van der Waals surface area contributed by atoms with Crippen LogP contribution < -0.4 is 10.1 Å². The third kappa shape index (κ3) is 5.97. The molecule has 0 aliphatic carbocycles. The molecule has 1 aromatic carbocycles. The second-order valence-corrected chi connectivity index (χ2v) is 8.22. The Morgan fingerprint density at radius 2 is 2.28 bits per heavy atom. The zero-order chi connectivity index (χ0) is 20.8. The first-order valence-corrected chi connectivity index (χ1v) is 10.8. The third-order valence-corrected chi connectivity index (χ3v) is 5.80. The summed E-state index contributed by atoms with van der Waals surface area (Å²) in [5, 5.41) is 3.51. The number of hydrogen-bond acceptors (Lipinski definition) is 4. The lowest BCUT2D eigenvalue weighted by atomic mass is 9.93. The van der Waals surface area contributed by atoms with Gasteiger partial charge in [-0.15, -0.1) is 0 Å². The van der Waals surface area contributed by atoms with Crippen LogP contribution in [0.25, 0.3) is 0 Å². The highest BCUT2D eigenvalue weighted by atomic mass is 35.5. The molecule has 1 saturated heterocycles. The van der Waals surface area contributed by atoms with Crippen LogP contribution in [0.1, 0.15) is 49.8 Å². The number of aromatic amines is 1. The molecule has 1 unspecified atom stereocenters. The Bertz CT molecular complexity index is 836. The Kier molecular flexibility index (Phi) is 7.56. The Morgan fingerprint density at radius 3 is 3.00 bits per heavy atom. The zero-order valence-electron chi connectivity index (χ0n) is 17.6. The van der Waals surface area contributed by atoms with Crippen molar-refractivity contribution in [1.29, 1.82) is 0 Å². The number of carbonyl (C=O) groups excluding carboxylic acids is 1. The van der Waals surface area contributed by atoms with Crippen molar-refractivity contribution >= 4 is 23.2 Å². The Morgan fingerprint density at radius 1 is 1.45 bits per heavy atom. The number of amides is 1. The molecule has 3 rings (SSSR count). The molecule has 1 aliphatic heterocycles. The third-order valence-electron chi connectivity index (χ3n) is 5.56. The minimum Gasteiger partial charge on any atom is -0.495 e. The molecular formula is C22H31ClN4O2. The molecule has 0 bridgehead atoms. The number of likely N-dealkylation sites (tertiary alicyclic amines) is 1. The SMILES string of the molecule is CCc1nc(CN2CCCC(CCC(=O)Nc3cc(Cl)ccc3OC)C2)c(C)[nH]1. The van der Waals surface area contributed by atoms with Crippen LogP contribution in [0.2, 0.25) is 5.02 Å². The summed E-state index contributed by atoms with van der Waals surface area (Å²) in [6.07, 6.45) is 4.64. The number of aryl methyl sites for hydroxylation is 2. The van der Waals surface area contributed by atoms with Gasteiger partial charge in [-0.1, -0.05) is 18.5 Å². The maximum absolute atomic E-state index is 12.5. The number of anilines is 1. The van der Waals surface area contributed by atoms with Gasteiger partial charge in [0.15, 0.2) is 0 Å². The first-order chi connectivity index (χ1) is 14.0. The molecule has 2 aromatic rings. The van der Waals surface area contributed by atoms with E-state index in [1.807, 2.05) is 0 Å². The first-order valence-electron chi connectivity index (χ1n) is 10.4. The molecule has 2 heterocycles. The van der Waals surface area contributed by atoms with Crippen molar-refractivity contribution in [3.8, 4) is 5.75 Å². The molecule has 1 amide bonds. The van der Waals surface area contributed by atoms with Gasteiger partial charge in [0.1, 0.15) is 11.6 Å². The fourth-order valence-corrected chi connectivity index (χ4v) is 4.12. The van der Waals surface area contributed by atoms with Crippen LogP contribution in [0, 0.1) is 12.8 Å². The average molecular weight is 419 g/mol. The zero-order valence-corrected chi connectivity index (χ0v) is 18.3. The molecule has 158 valence electrons. The van der Waals surface area contributed by atoms with E-state index < -0.39 is 0 Å². The summed E-state index contributed by atoms with van der Waals surface area (Å²) in [4.78, 5) is 23.0. The Hall–Kier alpha value is -2.05. The summed E-state index contributed by atoms with van der Waals surface area (Å²) >= 11 is 6.04. The van der Waals surface area contributed by atoms with Crippen LogP contribution in [-0.4, -0.2) is 41.0 Å². The van der Waals surface area contributed by atoms with Gasteiger partial charge in [-0.2, -0.15) is 0 Å². The van der Waals surface area contributed by atoms with Crippen molar-refractivity contribution < 1.29 is 9.53 Å². The van der Waals surface area contributed by atoms with E-state index in [0.29, 0.717) is 28.8 Å². The number of nitrogens with one attached hydrogen (secondary N) is 2. The van der Waals surface area contributed by atoms with Crippen molar-refractivity contribution in [2.24, 2.45) is 5.92 Å². The molecule has 1 fully saturated rings. The van der Waals surface area contributed by atoms with Crippen LogP contribution in [0.3, 0.4) is 0 Å². The maximum atomic E-state index is 12.5. The van der Waals surface area contributed by atoms with Gasteiger partial charge in [0.05, 0.1) is 18.5 Å². The van der Waals surface area contributed by atoms with E-state index in [9.17, 15) is 4.79 Å². The van der Waals surface area contributed by atoms with Gasteiger partial charge >= 0.3 is 0 Å². The number of benzene rings is 1. The van der Waals surface area contributed by atoms with Crippen LogP contribution >= 0.6 is 11.6 Å². The molecule has 0 saturated carbocycles. The fourth-order valence-electron chi connectivity index (χ4n) is 3.95. The van der Waals surface area contributed by atoms with Crippen molar-refractivity contribution in [2.75, 3.05) is 25.5 Å². The van der Waals surface area contributed by atoms with Gasteiger partial charge < -0.3 is 15.0 Å². The number of nitrogens with zero attached hydrogens (tertiary/aromatic N) is 2. The number of hydrogen-bond donors (Lipinski definition) is 2. The summed E-state index contributed by atoms with van der Waals surface area (Å²) in [5.74, 6) is 2.20. The van der Waals surface area contributed by atoms with Crippen LogP contribution in [-0.2, 0) is 17.8 Å². The van der Waals surface area contributed by atoms with Gasteiger partial charge in [0.2, 0.25) is 5.91 Å². The van der Waals surface area contributed by atoms with Gasteiger partial charge in [-0.3, -0.25) is 9.69 Å². The van der Waals surface area contributed by atoms with E-state index in [1.165, 1.54) is 18.5 Å². The first kappa shape index (κ1) is 21.7. The quantitative estimate of drug-likeness (QED) is 0.658. The van der Waals surface area contributed by atoms with E-state index in [2.05, 4.69) is 29.0 Å². The molecule has 1 aliphatic rings. The van der Waals surface area contributed by atoms with Crippen LogP contribution in [0.4, 0.5) is 5.69 Å². The molecule has 1 atom stereocenters. The van der Waals surface area contributed by atoms with Crippen LogP contribution in [0.15, 0.2) is 18.2 Å². The minimum absolute atomic E-state index is 0.00146. The summed E-state index contributed by atoms with van der Waals surface area (Å²) in [6, 6.07) is 5.23. The lowest BCUT2D eigenvalue weighted by molar-refractivity contribution is -0.116. The van der Waals surface area contributed by atoms with Crippen molar-refractivity contribution in [2.45, 2.75) is 52.5 Å². The Balaban J connectivity index is 1.49. The molecule has 0 spiro atoms. The predicted octanol–water partition coefficient (Wildman–Crippen LogP) is 4.57. The number of aromatic nitrogens is 2. The number of piperidine rings is 1. The second kappa shape index (κ2) is 10.1. The molecule has 6 nitrogen and oxygen atoms in total. The number of halogens is 1. The average Bonchev–Trinajstić information content (AvgIpc) is 3.06. The van der Waals surface area contributed by atoms with Gasteiger partial charge in [0.25, 0.3) is 0 Å². The molecular weight excluding hydrogens is 388 g/mol. The summed E-state index contributed by atoms with van der Waals surface area (Å²) in [5.41, 5.74) is 2.93. The lowest BCUT2D eigenvalue weighted by Crippen LogP contribution is -2.35. The highest BCUT2D eigenvalue weighted by Gasteiger charge is 2.22. The summed E-state index contributed by atoms with van der Waals surface area (Å²) in [7, 11) is 1.58. The normalized spacial score (nSPS) is 17.3. The molecule has 29 heavy (non-hydrogen) atoms. The van der Waals surface area contributed by atoms with Crippen LogP contribution in [0.5, 0.6) is 5.75 Å². The number of methoxy groups -OCH3 is 1. The van der Waals surface area contributed by atoms with E-state index >= 15 is 0 Å². The number of imidazole rings is 1. The van der Waals surface area contributed by atoms with E-state index in [0.717, 1.165) is 44.0 Å². The Labute approximate surface area is 178 Å². The summed E-state index contributed by atoms with van der Waals surface area (Å²) in [6.45, 7) is 7.20. The predicted molar refractivity (Wildman–Crippen MR) is 117 cm³/mol. The van der Waals surface area contributed by atoms with Crippen molar-refractivity contribution in [1.82, 2.24) is 14.9 Å². The lowest BCUT2D eigenvalue weighted by Gasteiger charge is -2.32. The monoisotopic (exact) mass is 418 g/mol. The van der Waals surface area contributed by atoms with Crippen molar-refractivity contribution in [3.05, 3.63) is 40.4 Å².